The second-order valence-corrected chi connectivity index (χ2v) is 4.73. The summed E-state index contributed by atoms with van der Waals surface area (Å²) in [5.41, 5.74) is 4.20. The van der Waals surface area contributed by atoms with E-state index in [4.69, 9.17) is 0 Å². The van der Waals surface area contributed by atoms with Crippen LogP contribution in [-0.2, 0) is 6.54 Å². The maximum Gasteiger partial charge on any atom is 0.266 e. The van der Waals surface area contributed by atoms with Gasteiger partial charge in [-0.3, -0.25) is 4.90 Å². The van der Waals surface area contributed by atoms with Gasteiger partial charge in [-0.05, 0) is 19.1 Å². The topological polar surface area (TPSA) is 8.32 Å². The van der Waals surface area contributed by atoms with Gasteiger partial charge in [-0.2, -0.15) is 4.57 Å². The van der Waals surface area contributed by atoms with Gasteiger partial charge in [-0.1, -0.05) is 6.08 Å². The first-order valence-corrected chi connectivity index (χ1v) is 6.02. The number of aromatic nitrogens is 1. The quantitative estimate of drug-likeness (QED) is 0.601. The molecule has 3 heterocycles. The molecular weight excluding hydrogens is 196 g/mol. The molecule has 2 heteroatoms. The van der Waals surface area contributed by atoms with Gasteiger partial charge in [-0.15, -0.1) is 0 Å². The van der Waals surface area contributed by atoms with Gasteiger partial charge in [-0.25, -0.2) is 0 Å². The smallest absolute Gasteiger partial charge is 0.266 e. The number of nitrogens with zero attached hydrogens (tertiary/aromatic N) is 1. The van der Waals surface area contributed by atoms with Crippen molar-refractivity contribution in [2.24, 2.45) is 0 Å². The standard InChI is InChI=1S/C14H17N2/c1-11-5-3-7-13-14-8-4-6-12(2)16(14)10-9-15(11)13/h3-8,11H,9-10H2,1-2H3/q+1/p+1. The molecule has 0 saturated carbocycles. The molecule has 1 N–H and O–H groups in total. The van der Waals surface area contributed by atoms with Crippen molar-refractivity contribution in [3.05, 3.63) is 47.8 Å². The van der Waals surface area contributed by atoms with E-state index in [9.17, 15) is 0 Å². The minimum atomic E-state index is 0.606. The largest absolute Gasteiger partial charge is 0.286 e. The predicted molar refractivity (Wildman–Crippen MR) is 63.8 cm³/mol. The Morgan fingerprint density at radius 2 is 2.25 bits per heavy atom. The molecule has 82 valence electrons. The first kappa shape index (κ1) is 9.79. The average Bonchev–Trinajstić information content (AvgIpc) is 2.30. The Hall–Kier alpha value is -1.41. The third kappa shape index (κ3) is 1.34. The number of quaternary nitrogens is 1. The van der Waals surface area contributed by atoms with Crippen LogP contribution in [0.3, 0.4) is 0 Å². The van der Waals surface area contributed by atoms with Crippen molar-refractivity contribution in [2.45, 2.75) is 26.4 Å². The number of pyridine rings is 1. The van der Waals surface area contributed by atoms with Gasteiger partial charge in [0.25, 0.3) is 5.69 Å². The molecule has 0 aromatic carbocycles. The van der Waals surface area contributed by atoms with Gasteiger partial charge >= 0.3 is 0 Å². The van der Waals surface area contributed by atoms with Gasteiger partial charge in [0, 0.05) is 25.1 Å². The van der Waals surface area contributed by atoms with Crippen LogP contribution in [0.2, 0.25) is 0 Å². The number of fused-ring (bicyclic) bond motifs is 3. The van der Waals surface area contributed by atoms with Crippen LogP contribution in [-0.4, -0.2) is 12.6 Å². The van der Waals surface area contributed by atoms with Crippen LogP contribution in [0.1, 0.15) is 18.3 Å². The Bertz CT molecular complexity index is 486. The minimum Gasteiger partial charge on any atom is -0.286 e. The van der Waals surface area contributed by atoms with Crippen LogP contribution in [0.5, 0.6) is 0 Å². The highest BCUT2D eigenvalue weighted by molar-refractivity contribution is 5.55. The maximum atomic E-state index is 2.43. The Morgan fingerprint density at radius 1 is 1.38 bits per heavy atom. The number of rotatable bonds is 0. The molecule has 0 bridgehead atoms. The fraction of sp³-hybridized carbons (Fsp3) is 0.357. The normalized spacial score (nSPS) is 27.0. The van der Waals surface area contributed by atoms with E-state index < -0.39 is 0 Å². The van der Waals surface area contributed by atoms with Crippen LogP contribution < -0.4 is 9.47 Å². The second kappa shape index (κ2) is 3.56. The first-order valence-electron chi connectivity index (χ1n) is 6.02. The Labute approximate surface area is 96.5 Å². The summed E-state index contributed by atoms with van der Waals surface area (Å²) < 4.78 is 2.43. The number of hydrogen-bond acceptors (Lipinski definition) is 0. The highest BCUT2D eigenvalue weighted by Gasteiger charge is 2.36. The molecule has 0 saturated heterocycles. The van der Waals surface area contributed by atoms with Gasteiger partial charge in [0.2, 0.25) is 5.70 Å². The Balaban J connectivity index is 2.16. The summed E-state index contributed by atoms with van der Waals surface area (Å²) in [6.45, 7) is 6.81. The third-order valence-corrected chi connectivity index (χ3v) is 3.75. The van der Waals surface area contributed by atoms with E-state index in [0.29, 0.717) is 6.04 Å². The highest BCUT2D eigenvalue weighted by atomic mass is 15.2. The molecule has 0 spiro atoms. The van der Waals surface area contributed by atoms with Crippen molar-refractivity contribution in [1.29, 1.82) is 0 Å². The molecule has 2 unspecified atom stereocenters. The summed E-state index contributed by atoms with van der Waals surface area (Å²) in [6, 6.07) is 7.20. The summed E-state index contributed by atoms with van der Waals surface area (Å²) >= 11 is 0. The van der Waals surface area contributed by atoms with E-state index in [-0.39, 0.29) is 0 Å². The Kier molecular flexibility index (Phi) is 2.18. The number of hydrogen-bond donors (Lipinski definition) is 1. The van der Waals surface area contributed by atoms with E-state index in [0.717, 1.165) is 6.54 Å². The molecule has 2 nitrogen and oxygen atoms in total. The van der Waals surface area contributed by atoms with Crippen LogP contribution in [0.4, 0.5) is 0 Å². The third-order valence-electron chi connectivity index (χ3n) is 3.75. The van der Waals surface area contributed by atoms with Gasteiger partial charge in [0.05, 0.1) is 0 Å². The lowest BCUT2D eigenvalue weighted by molar-refractivity contribution is -0.895. The Morgan fingerprint density at radius 3 is 3.12 bits per heavy atom. The maximum absolute atomic E-state index is 2.43. The van der Waals surface area contributed by atoms with Crippen molar-refractivity contribution in [2.75, 3.05) is 6.54 Å². The van der Waals surface area contributed by atoms with E-state index in [2.05, 4.69) is 54.8 Å². The molecule has 16 heavy (non-hydrogen) atoms. The van der Waals surface area contributed by atoms with E-state index in [1.54, 1.807) is 4.90 Å². The predicted octanol–water partition coefficient (Wildman–Crippen LogP) is 0.480. The van der Waals surface area contributed by atoms with E-state index in [1.807, 2.05) is 0 Å². The fourth-order valence-corrected chi connectivity index (χ4v) is 2.81. The molecule has 1 aromatic rings. The zero-order chi connectivity index (χ0) is 11.1. The number of allylic oxidation sites excluding steroid dienone is 2. The lowest BCUT2D eigenvalue weighted by Crippen LogP contribution is -3.15. The number of nitrogens with one attached hydrogen (secondary N) is 1. The molecule has 0 radical (unpaired) electrons. The fourth-order valence-electron chi connectivity index (χ4n) is 2.81. The monoisotopic (exact) mass is 214 g/mol. The molecule has 0 amide bonds. The SMILES string of the molecule is Cc1cccc2[n+]1CC[NH+]1C2=CC=CC1C. The van der Waals surface area contributed by atoms with Crippen molar-refractivity contribution in [3.8, 4) is 0 Å². The second-order valence-electron chi connectivity index (χ2n) is 4.73. The van der Waals surface area contributed by atoms with Crippen LogP contribution in [0, 0.1) is 6.92 Å². The van der Waals surface area contributed by atoms with Crippen LogP contribution in [0.15, 0.2) is 36.4 Å². The summed E-state index contributed by atoms with van der Waals surface area (Å²) in [6.07, 6.45) is 6.76. The highest BCUT2D eigenvalue weighted by Crippen LogP contribution is 2.11. The lowest BCUT2D eigenvalue weighted by atomic mass is 10.1. The molecule has 3 rings (SSSR count). The van der Waals surface area contributed by atoms with E-state index in [1.165, 1.54) is 23.6 Å². The first-order chi connectivity index (χ1) is 7.77. The molecule has 1 aromatic heterocycles. The van der Waals surface area contributed by atoms with Crippen molar-refractivity contribution < 1.29 is 9.47 Å². The number of aryl methyl sites for hydroxylation is 1. The van der Waals surface area contributed by atoms with Crippen LogP contribution in [0.25, 0.3) is 5.70 Å². The van der Waals surface area contributed by atoms with Crippen molar-refractivity contribution in [3.63, 3.8) is 0 Å². The van der Waals surface area contributed by atoms with Crippen molar-refractivity contribution >= 4 is 5.70 Å². The summed E-state index contributed by atoms with van der Waals surface area (Å²) in [5, 5.41) is 0. The van der Waals surface area contributed by atoms with Gasteiger partial charge < -0.3 is 0 Å². The van der Waals surface area contributed by atoms with Crippen molar-refractivity contribution in [1.82, 2.24) is 0 Å². The zero-order valence-corrected chi connectivity index (χ0v) is 9.90. The molecule has 0 fully saturated rings. The molecule has 0 aliphatic carbocycles. The summed E-state index contributed by atoms with van der Waals surface area (Å²) in [7, 11) is 0. The van der Waals surface area contributed by atoms with E-state index >= 15 is 0 Å². The molecular formula is C14H18N2+2. The zero-order valence-electron chi connectivity index (χ0n) is 9.90. The lowest BCUT2D eigenvalue weighted by Gasteiger charge is -2.29. The summed E-state index contributed by atoms with van der Waals surface area (Å²) in [4.78, 5) is 1.60. The average molecular weight is 214 g/mol. The van der Waals surface area contributed by atoms with Gasteiger partial charge in [0.15, 0.2) is 12.2 Å². The molecule has 2 aliphatic heterocycles. The van der Waals surface area contributed by atoms with Crippen LogP contribution >= 0.6 is 0 Å². The molecule has 2 aliphatic rings. The minimum absolute atomic E-state index is 0.606. The van der Waals surface area contributed by atoms with Gasteiger partial charge in [0.1, 0.15) is 12.6 Å². The molecule has 2 atom stereocenters. The summed E-state index contributed by atoms with van der Waals surface area (Å²) in [5.74, 6) is 0.